The average Bonchev–Trinajstić information content (AvgIpc) is 2.66. The van der Waals surface area contributed by atoms with Gasteiger partial charge in [0, 0.05) is 38.8 Å². The van der Waals surface area contributed by atoms with Gasteiger partial charge in [0.15, 0.2) is 0 Å². The number of halogens is 1. The van der Waals surface area contributed by atoms with Gasteiger partial charge in [-0.3, -0.25) is 4.79 Å². The van der Waals surface area contributed by atoms with Crippen LogP contribution >= 0.6 is 0 Å². The van der Waals surface area contributed by atoms with Gasteiger partial charge in [-0.15, -0.1) is 0 Å². The van der Waals surface area contributed by atoms with Crippen molar-refractivity contribution in [2.45, 2.75) is 38.9 Å². The molecule has 158 valence electrons. The van der Waals surface area contributed by atoms with E-state index < -0.39 is 10.0 Å². The molecule has 0 saturated carbocycles. The molecular weight excluding hydrogens is 383 g/mol. The normalized spacial score (nSPS) is 16.4. The first-order valence-corrected chi connectivity index (χ1v) is 11.5. The molecule has 1 aliphatic rings. The molecule has 0 aliphatic carbocycles. The molecule has 28 heavy (non-hydrogen) atoms. The molecule has 2 rings (SSSR count). The minimum Gasteiger partial charge on any atom is -0.381 e. The second-order valence-corrected chi connectivity index (χ2v) is 9.64. The van der Waals surface area contributed by atoms with Crippen LogP contribution in [0.25, 0.3) is 0 Å². The van der Waals surface area contributed by atoms with E-state index >= 15 is 0 Å². The van der Waals surface area contributed by atoms with Gasteiger partial charge >= 0.3 is 0 Å². The molecule has 1 fully saturated rings. The second kappa shape index (κ2) is 10.9. The Kier molecular flexibility index (Phi) is 8.85. The van der Waals surface area contributed by atoms with Gasteiger partial charge in [-0.25, -0.2) is 17.1 Å². The second-order valence-electron chi connectivity index (χ2n) is 7.67. The van der Waals surface area contributed by atoms with Crippen molar-refractivity contribution < 1.29 is 22.3 Å². The van der Waals surface area contributed by atoms with E-state index in [0.29, 0.717) is 50.6 Å². The van der Waals surface area contributed by atoms with Crippen LogP contribution in [0.3, 0.4) is 0 Å². The fourth-order valence-electron chi connectivity index (χ4n) is 3.13. The standard InChI is InChI=1S/C20H31FN2O4S/c1-16(2)14-27-13-3-10-22-20(24)18-8-11-23(12-9-18)28(25,26)15-17-4-6-19(21)7-5-17/h4-7,16,18H,3,8-15H2,1-2H3,(H,22,24). The molecule has 1 aliphatic heterocycles. The van der Waals surface area contributed by atoms with Gasteiger partial charge < -0.3 is 10.1 Å². The Labute approximate surface area is 167 Å². The molecule has 1 heterocycles. The number of carbonyl (C=O) groups is 1. The Morgan fingerprint density at radius 1 is 1.25 bits per heavy atom. The number of rotatable bonds is 10. The zero-order valence-corrected chi connectivity index (χ0v) is 17.5. The van der Waals surface area contributed by atoms with Crippen molar-refractivity contribution in [3.8, 4) is 0 Å². The number of amides is 1. The summed E-state index contributed by atoms with van der Waals surface area (Å²) in [6.07, 6.45) is 1.79. The summed E-state index contributed by atoms with van der Waals surface area (Å²) in [7, 11) is -3.47. The van der Waals surface area contributed by atoms with Crippen LogP contribution in [0.15, 0.2) is 24.3 Å². The van der Waals surface area contributed by atoms with Crippen molar-refractivity contribution in [1.29, 1.82) is 0 Å². The Balaban J connectivity index is 1.71. The lowest BCUT2D eigenvalue weighted by molar-refractivity contribution is -0.126. The van der Waals surface area contributed by atoms with Crippen LogP contribution in [0.2, 0.25) is 0 Å². The van der Waals surface area contributed by atoms with Crippen molar-refractivity contribution in [2.24, 2.45) is 11.8 Å². The summed E-state index contributed by atoms with van der Waals surface area (Å²) in [5, 5.41) is 2.92. The predicted octanol–water partition coefficient (Wildman–Crippen LogP) is 2.55. The quantitative estimate of drug-likeness (QED) is 0.597. The molecule has 1 aromatic carbocycles. The number of hydrogen-bond donors (Lipinski definition) is 1. The minimum atomic E-state index is -3.47. The zero-order valence-electron chi connectivity index (χ0n) is 16.7. The third kappa shape index (κ3) is 7.48. The van der Waals surface area contributed by atoms with Crippen LogP contribution in [0.1, 0.15) is 38.7 Å². The summed E-state index contributed by atoms with van der Waals surface area (Å²) in [5.41, 5.74) is 0.556. The van der Waals surface area contributed by atoms with Crippen LogP contribution in [0, 0.1) is 17.7 Å². The Hall–Kier alpha value is -1.51. The van der Waals surface area contributed by atoms with E-state index in [1.54, 1.807) is 0 Å². The SMILES string of the molecule is CC(C)COCCCNC(=O)C1CCN(S(=O)(=O)Cc2ccc(F)cc2)CC1. The van der Waals surface area contributed by atoms with Crippen LogP contribution in [0.5, 0.6) is 0 Å². The number of piperidine rings is 1. The highest BCUT2D eigenvalue weighted by atomic mass is 32.2. The highest BCUT2D eigenvalue weighted by molar-refractivity contribution is 7.88. The maximum absolute atomic E-state index is 13.0. The van der Waals surface area contributed by atoms with Gasteiger partial charge in [0.25, 0.3) is 0 Å². The van der Waals surface area contributed by atoms with Crippen molar-refractivity contribution in [2.75, 3.05) is 32.8 Å². The predicted molar refractivity (Wildman–Crippen MR) is 107 cm³/mol. The first kappa shape index (κ1) is 22.8. The number of carbonyl (C=O) groups excluding carboxylic acids is 1. The molecule has 1 saturated heterocycles. The lowest BCUT2D eigenvalue weighted by Crippen LogP contribution is -2.43. The molecule has 0 aromatic heterocycles. The lowest BCUT2D eigenvalue weighted by atomic mass is 9.97. The van der Waals surface area contributed by atoms with Gasteiger partial charge in [0.05, 0.1) is 5.75 Å². The maximum atomic E-state index is 13.0. The minimum absolute atomic E-state index is 0.0144. The zero-order chi connectivity index (χ0) is 20.6. The number of ether oxygens (including phenoxy) is 1. The Morgan fingerprint density at radius 2 is 1.89 bits per heavy atom. The lowest BCUT2D eigenvalue weighted by Gasteiger charge is -2.30. The summed E-state index contributed by atoms with van der Waals surface area (Å²) >= 11 is 0. The molecule has 0 spiro atoms. The van der Waals surface area contributed by atoms with Crippen molar-refractivity contribution in [3.63, 3.8) is 0 Å². The van der Waals surface area contributed by atoms with Gasteiger partial charge in [-0.2, -0.15) is 0 Å². The van der Waals surface area contributed by atoms with Crippen molar-refractivity contribution in [1.82, 2.24) is 9.62 Å². The molecule has 8 heteroatoms. The van der Waals surface area contributed by atoms with Crippen LogP contribution in [-0.4, -0.2) is 51.5 Å². The van der Waals surface area contributed by atoms with Crippen molar-refractivity contribution in [3.05, 3.63) is 35.6 Å². The number of nitrogens with zero attached hydrogens (tertiary/aromatic N) is 1. The van der Waals surface area contributed by atoms with E-state index in [1.807, 2.05) is 0 Å². The van der Waals surface area contributed by atoms with Gasteiger partial charge in [-0.05, 0) is 42.9 Å². The Bertz CT molecular complexity index is 714. The molecule has 1 aromatic rings. The van der Waals surface area contributed by atoms with E-state index in [9.17, 15) is 17.6 Å². The average molecular weight is 415 g/mol. The monoisotopic (exact) mass is 414 g/mol. The molecule has 0 radical (unpaired) electrons. The van der Waals surface area contributed by atoms with E-state index in [2.05, 4.69) is 19.2 Å². The van der Waals surface area contributed by atoms with Crippen LogP contribution in [-0.2, 0) is 25.3 Å². The summed E-state index contributed by atoms with van der Waals surface area (Å²) in [4.78, 5) is 12.3. The summed E-state index contributed by atoms with van der Waals surface area (Å²) in [6.45, 7) is 6.76. The van der Waals surface area contributed by atoms with E-state index in [4.69, 9.17) is 4.74 Å². The summed E-state index contributed by atoms with van der Waals surface area (Å²) in [6, 6.07) is 5.49. The van der Waals surface area contributed by atoms with E-state index in [0.717, 1.165) is 13.0 Å². The molecule has 1 amide bonds. The molecule has 0 unspecified atom stereocenters. The highest BCUT2D eigenvalue weighted by Gasteiger charge is 2.31. The molecule has 6 nitrogen and oxygen atoms in total. The van der Waals surface area contributed by atoms with E-state index in [1.165, 1.54) is 28.6 Å². The number of nitrogens with one attached hydrogen (secondary N) is 1. The summed E-state index contributed by atoms with van der Waals surface area (Å²) in [5.74, 6) is -0.215. The number of hydrogen-bond acceptors (Lipinski definition) is 4. The summed E-state index contributed by atoms with van der Waals surface area (Å²) < 4.78 is 45.0. The topological polar surface area (TPSA) is 75.7 Å². The first-order valence-electron chi connectivity index (χ1n) is 9.85. The maximum Gasteiger partial charge on any atom is 0.223 e. The number of sulfonamides is 1. The third-order valence-corrected chi connectivity index (χ3v) is 6.55. The largest absolute Gasteiger partial charge is 0.381 e. The van der Waals surface area contributed by atoms with Gasteiger partial charge in [-0.1, -0.05) is 26.0 Å². The Morgan fingerprint density at radius 3 is 2.50 bits per heavy atom. The molecular formula is C20H31FN2O4S. The fraction of sp³-hybridized carbons (Fsp3) is 0.650. The third-order valence-electron chi connectivity index (χ3n) is 4.70. The fourth-order valence-corrected chi connectivity index (χ4v) is 4.69. The van der Waals surface area contributed by atoms with Crippen LogP contribution < -0.4 is 5.32 Å². The van der Waals surface area contributed by atoms with Gasteiger partial charge in [0.1, 0.15) is 5.82 Å². The smallest absolute Gasteiger partial charge is 0.223 e. The van der Waals surface area contributed by atoms with Gasteiger partial charge in [0.2, 0.25) is 15.9 Å². The first-order chi connectivity index (χ1) is 13.3. The van der Waals surface area contributed by atoms with E-state index in [-0.39, 0.29) is 23.4 Å². The molecule has 0 atom stereocenters. The number of benzene rings is 1. The van der Waals surface area contributed by atoms with Crippen LogP contribution in [0.4, 0.5) is 4.39 Å². The molecule has 1 N–H and O–H groups in total. The molecule has 0 bridgehead atoms. The van der Waals surface area contributed by atoms with Crippen molar-refractivity contribution >= 4 is 15.9 Å². The highest BCUT2D eigenvalue weighted by Crippen LogP contribution is 2.22.